The Morgan fingerprint density at radius 3 is 2.23 bits per heavy atom. The highest BCUT2D eigenvalue weighted by atomic mass is 16.7. The standard InChI is InChI=1S/C77H97NO24/c1-33-21-45-50(30-74(8)53(94-45)27-49-70(101-74)34(2)22-58(81)96-49)93-44-17-19-73(7)54(98-69(33)44)28-55-75(9,102-73)32-57-72(6,100-55)18-13-16-42-46(95-57)25-48-47(92-42)26-56-76(10,99-48)52(80)23-38(91-56)20-35(3)71(87)78-41-24-59(90-36(4)64(41)82)97-51-31-77(88,37(5)79)29-40-61(51)68(86)63-62(66(40)84)65(83)39-14-12-15-43(89-11)60(39)67(63)85/h12-16,22,33,36,38,41-42,44-57,59,64,69-70,80,82,84,86,88H,3,17-21,23-32H2,1-2,4-11H3,(H,78,87)/b16-13-/t33-,36+,38-,41+,42-,44+,45+,46+,47+,48-,49+,50-,51+,52+,53-,54+,55-,56-,57-,59+,64-,69-,70-,72+,73-,74+,75+,76+,77+/m1/s1. The van der Waals surface area contributed by atoms with Gasteiger partial charge in [0.2, 0.25) is 11.7 Å². The third-order valence-electron chi connectivity index (χ3n) is 26.0. The number of rotatable bonds is 8. The smallest absolute Gasteiger partial charge is 0.331 e. The van der Waals surface area contributed by atoms with Crippen molar-refractivity contribution in [2.24, 2.45) is 5.92 Å². The van der Waals surface area contributed by atoms with Gasteiger partial charge in [0.15, 0.2) is 17.9 Å². The average molecular weight is 1420 g/mol. The Labute approximate surface area is 592 Å². The van der Waals surface area contributed by atoms with Crippen LogP contribution in [0, 0.1) is 5.92 Å². The van der Waals surface area contributed by atoms with Crippen LogP contribution in [0.3, 0.4) is 0 Å². The third-order valence-corrected chi connectivity index (χ3v) is 26.0. The highest BCUT2D eigenvalue weighted by Gasteiger charge is 2.65. The summed E-state index contributed by atoms with van der Waals surface area (Å²) in [6, 6.07) is 3.37. The van der Waals surface area contributed by atoms with Crippen molar-refractivity contribution in [1.82, 2.24) is 5.32 Å². The molecule has 16 rings (SSSR count). The number of esters is 1. The minimum absolute atomic E-state index is 0.0100. The van der Waals surface area contributed by atoms with Crippen LogP contribution in [0.25, 0.3) is 0 Å². The molecule has 0 unspecified atom stereocenters. The number of methoxy groups -OCH3 is 1. The van der Waals surface area contributed by atoms with Gasteiger partial charge in [0.05, 0.1) is 150 Å². The first-order chi connectivity index (χ1) is 48.3. The molecule has 0 saturated carbocycles. The van der Waals surface area contributed by atoms with Crippen molar-refractivity contribution >= 4 is 29.2 Å². The number of benzene rings is 2. The minimum Gasteiger partial charge on any atom is -0.507 e. The maximum atomic E-state index is 14.2. The number of hydrogen-bond acceptors (Lipinski definition) is 24. The van der Waals surface area contributed by atoms with Gasteiger partial charge in [-0.2, -0.15) is 0 Å². The largest absolute Gasteiger partial charge is 0.507 e. The van der Waals surface area contributed by atoms with E-state index in [2.05, 4.69) is 58.7 Å². The van der Waals surface area contributed by atoms with Crippen LogP contribution in [0.5, 0.6) is 17.2 Å². The molecule has 2 aromatic carbocycles. The van der Waals surface area contributed by atoms with E-state index in [4.69, 9.17) is 66.3 Å². The Morgan fingerprint density at radius 1 is 0.706 bits per heavy atom. The van der Waals surface area contributed by atoms with E-state index in [1.54, 1.807) is 6.92 Å². The molecule has 0 bridgehead atoms. The molecule has 25 nitrogen and oxygen atoms in total. The molecule has 0 radical (unpaired) electrons. The first kappa shape index (κ1) is 70.7. The fourth-order valence-electron chi connectivity index (χ4n) is 20.0. The number of ketones is 3. The molecule has 0 aromatic heterocycles. The predicted molar refractivity (Wildman–Crippen MR) is 356 cm³/mol. The van der Waals surface area contributed by atoms with Gasteiger partial charge in [-0.3, -0.25) is 19.2 Å². The summed E-state index contributed by atoms with van der Waals surface area (Å²) in [5.41, 5.74) is -6.59. The monoisotopic (exact) mass is 1420 g/mol. The molecule has 6 N–H and O–H groups in total. The Balaban J connectivity index is 0.549. The lowest BCUT2D eigenvalue weighted by molar-refractivity contribution is -0.356. The summed E-state index contributed by atoms with van der Waals surface area (Å²) < 4.78 is 94.6. The SMILES string of the molecule is C=C(C[C@@H]1C[C@H](O)[C@]2(C)O[C@@H]3C[C@@H]4O[C@@H]5C[C@]6(C)O[C@]7(C)CC[C@@H]8O[C@@H]9C[C@]%10(C)O[C@@H]%11C(C)=CC(=O)O[C@H]%11C[C@H]%10O[C@H]9C[C@@H](C)[C@H]8O[C@H]7C[C@H]6O[C@@]5(C)C/C=C\[C@H]4O[C@H]3C[C@H]2O1)C(=O)N[C@H]1C[C@H](O[C@H]2C[C@](O)(C(C)=O)Cc3c(O)c4c(c(O)c32)C(=O)c2c(OC)cccc2C4=O)O[C@@H](C)[C@H]1O. The highest BCUT2D eigenvalue weighted by molar-refractivity contribution is 6.31. The molecule has 10 fully saturated rings. The van der Waals surface area contributed by atoms with E-state index >= 15 is 0 Å². The van der Waals surface area contributed by atoms with Gasteiger partial charge in [-0.1, -0.05) is 37.8 Å². The summed E-state index contributed by atoms with van der Waals surface area (Å²) in [5, 5.41) is 62.2. The molecule has 14 aliphatic rings. The number of fused-ring (bicyclic) bond motifs is 13. The number of phenolic OH excluding ortho intramolecular Hbond substituents is 2. The summed E-state index contributed by atoms with van der Waals surface area (Å²) in [6.45, 7) is 21.4. The summed E-state index contributed by atoms with van der Waals surface area (Å²) in [7, 11) is 1.32. The highest BCUT2D eigenvalue weighted by Crippen LogP contribution is 2.57. The van der Waals surface area contributed by atoms with E-state index in [0.717, 1.165) is 25.3 Å². The lowest BCUT2D eigenvalue weighted by Crippen LogP contribution is -2.70. The molecule has 102 heavy (non-hydrogen) atoms. The van der Waals surface area contributed by atoms with Crippen LogP contribution in [0.4, 0.5) is 0 Å². The molecule has 12 heterocycles. The Morgan fingerprint density at radius 2 is 1.45 bits per heavy atom. The normalized spacial score (nSPS) is 47.2. The number of nitrogens with one attached hydrogen (secondary N) is 1. The topological polar surface area (TPSA) is 328 Å². The Kier molecular flexibility index (Phi) is 17.5. The van der Waals surface area contributed by atoms with Crippen LogP contribution in [0.2, 0.25) is 0 Å². The number of carbonyl (C=O) groups is 5. The van der Waals surface area contributed by atoms with E-state index in [1.807, 2.05) is 13.8 Å². The minimum atomic E-state index is -2.16. The van der Waals surface area contributed by atoms with Crippen molar-refractivity contribution in [3.05, 3.63) is 87.5 Å². The lowest BCUT2D eigenvalue weighted by atomic mass is 9.72. The van der Waals surface area contributed by atoms with Crippen LogP contribution < -0.4 is 10.1 Å². The van der Waals surface area contributed by atoms with E-state index in [1.165, 1.54) is 31.4 Å². The molecule has 2 aliphatic carbocycles. The van der Waals surface area contributed by atoms with Gasteiger partial charge >= 0.3 is 5.97 Å². The van der Waals surface area contributed by atoms with Crippen LogP contribution in [0.15, 0.2) is 54.2 Å². The lowest BCUT2D eigenvalue weighted by Gasteiger charge is -2.60. The van der Waals surface area contributed by atoms with Gasteiger partial charge in [-0.15, -0.1) is 0 Å². The van der Waals surface area contributed by atoms with E-state index in [-0.39, 0.29) is 126 Å². The number of aliphatic hydroxyl groups is 3. The molecule has 25 heteroatoms. The van der Waals surface area contributed by atoms with E-state index in [9.17, 15) is 49.5 Å². The number of aliphatic hydroxyl groups excluding tert-OH is 2. The second kappa shape index (κ2) is 25.3. The molecule has 554 valence electrons. The molecule has 12 aliphatic heterocycles. The van der Waals surface area contributed by atoms with Gasteiger partial charge in [0, 0.05) is 99.0 Å². The molecular weight excluding hydrogens is 1320 g/mol. The Bertz CT molecular complexity index is 3860. The third kappa shape index (κ3) is 11.6. The van der Waals surface area contributed by atoms with Crippen molar-refractivity contribution in [1.29, 1.82) is 0 Å². The first-order valence-corrected chi connectivity index (χ1v) is 36.8. The van der Waals surface area contributed by atoms with Crippen LogP contribution in [0.1, 0.15) is 201 Å². The van der Waals surface area contributed by atoms with Gasteiger partial charge in [0.25, 0.3) is 0 Å². The zero-order chi connectivity index (χ0) is 72.0. The number of hydrogen-bond donors (Lipinski definition) is 6. The summed E-state index contributed by atoms with van der Waals surface area (Å²) >= 11 is 0. The Hall–Kier alpha value is -5.59. The van der Waals surface area contributed by atoms with Crippen LogP contribution in [-0.4, -0.2) is 224 Å². The second-order valence-corrected chi connectivity index (χ2v) is 33.1. The summed E-state index contributed by atoms with van der Waals surface area (Å²) in [6.07, 6.45) is -1.03. The van der Waals surface area contributed by atoms with Crippen LogP contribution in [-0.2, 0) is 82.4 Å². The number of aromatic hydroxyl groups is 2. The van der Waals surface area contributed by atoms with Crippen LogP contribution >= 0.6 is 0 Å². The first-order valence-electron chi connectivity index (χ1n) is 36.8. The number of carbonyl (C=O) groups excluding carboxylic acids is 5. The molecule has 29 atom stereocenters. The molecular formula is C77H97NO24. The number of amides is 1. The van der Waals surface area contributed by atoms with Gasteiger partial charge < -0.3 is 97.2 Å². The zero-order valence-corrected chi connectivity index (χ0v) is 59.5. The van der Waals surface area contributed by atoms with Crippen molar-refractivity contribution in [2.45, 2.75) is 327 Å². The number of Topliss-reactive ketones (excluding diaryl/α,β-unsaturated/α-hetero) is 1. The van der Waals surface area contributed by atoms with Gasteiger partial charge in [-0.05, 0) is 98.6 Å². The van der Waals surface area contributed by atoms with Crippen molar-refractivity contribution in [3.63, 3.8) is 0 Å². The van der Waals surface area contributed by atoms with Gasteiger partial charge in [-0.25, -0.2) is 4.79 Å². The quantitative estimate of drug-likeness (QED) is 0.0609. The van der Waals surface area contributed by atoms with Gasteiger partial charge in [0.1, 0.15) is 52.9 Å². The predicted octanol–water partition coefficient (Wildman–Crippen LogP) is 6.47. The number of phenols is 2. The molecule has 0 spiro atoms. The zero-order valence-electron chi connectivity index (χ0n) is 59.5. The van der Waals surface area contributed by atoms with Crippen molar-refractivity contribution in [3.8, 4) is 17.2 Å². The summed E-state index contributed by atoms with van der Waals surface area (Å²) in [4.78, 5) is 68.0. The second-order valence-electron chi connectivity index (χ2n) is 33.1. The fourth-order valence-corrected chi connectivity index (χ4v) is 20.0. The van der Waals surface area contributed by atoms with E-state index in [0.29, 0.717) is 51.4 Å². The van der Waals surface area contributed by atoms with E-state index < -0.39 is 166 Å². The number of ether oxygens (including phenoxy) is 14. The molecule has 2 aromatic rings. The molecule has 1 amide bonds. The maximum absolute atomic E-state index is 14.2. The summed E-state index contributed by atoms with van der Waals surface area (Å²) in [5.74, 6) is -4.46. The van der Waals surface area contributed by atoms with Crippen molar-refractivity contribution < 1.29 is 116 Å². The average Bonchev–Trinajstić information content (AvgIpc) is 0.984. The fraction of sp³-hybridized carbons (Fsp3) is 0.701. The van der Waals surface area contributed by atoms with Crippen molar-refractivity contribution in [2.75, 3.05) is 7.11 Å². The maximum Gasteiger partial charge on any atom is 0.331 e. The molecule has 10 saturated heterocycles.